The molecule has 0 radical (unpaired) electrons. The fourth-order valence-corrected chi connectivity index (χ4v) is 2.50. The minimum Gasteiger partial charge on any atom is -0.319 e. The highest BCUT2D eigenvalue weighted by Gasteiger charge is 2.18. The number of carbonyl (C=O) groups is 1. The molecule has 0 atom stereocenters. The summed E-state index contributed by atoms with van der Waals surface area (Å²) in [6, 6.07) is 10.6. The first kappa shape index (κ1) is 18.2. The second-order valence-electron chi connectivity index (χ2n) is 6.27. The van der Waals surface area contributed by atoms with Crippen molar-refractivity contribution in [2.75, 3.05) is 5.32 Å². The summed E-state index contributed by atoms with van der Waals surface area (Å²) in [4.78, 5) is 24.1. The maximum atomic E-state index is 12.3. The summed E-state index contributed by atoms with van der Waals surface area (Å²) in [5, 5.41) is 25.8. The van der Waals surface area contributed by atoms with Crippen molar-refractivity contribution in [1.82, 2.24) is 20.2 Å². The Labute approximate surface area is 155 Å². The minimum atomic E-state index is -0.523. The smallest absolute Gasteiger partial charge is 0.293 e. The van der Waals surface area contributed by atoms with Crippen molar-refractivity contribution in [3.8, 4) is 11.4 Å². The van der Waals surface area contributed by atoms with E-state index >= 15 is 0 Å². The monoisotopic (exact) mass is 366 g/mol. The lowest BCUT2D eigenvalue weighted by Gasteiger charge is -2.08. The number of aryl methyl sites for hydroxylation is 3. The van der Waals surface area contributed by atoms with E-state index in [-0.39, 0.29) is 17.9 Å². The molecule has 0 aliphatic rings. The van der Waals surface area contributed by atoms with Crippen LogP contribution in [0.2, 0.25) is 0 Å². The van der Waals surface area contributed by atoms with E-state index in [9.17, 15) is 14.9 Å². The molecular weight excluding hydrogens is 348 g/mol. The third-order valence-corrected chi connectivity index (χ3v) is 4.13. The van der Waals surface area contributed by atoms with Crippen molar-refractivity contribution in [3.63, 3.8) is 0 Å². The Kier molecular flexibility index (Phi) is 4.93. The molecule has 3 rings (SSSR count). The van der Waals surface area contributed by atoms with Crippen molar-refractivity contribution < 1.29 is 9.72 Å². The summed E-state index contributed by atoms with van der Waals surface area (Å²) in [6.45, 7) is 5.37. The largest absolute Gasteiger partial charge is 0.319 e. The molecule has 9 heteroatoms. The van der Waals surface area contributed by atoms with E-state index in [1.807, 2.05) is 38.1 Å². The van der Waals surface area contributed by atoms with E-state index in [4.69, 9.17) is 0 Å². The average Bonchev–Trinajstić information content (AvgIpc) is 3.06. The molecular formula is C18H18N6O3. The normalized spacial score (nSPS) is 10.6. The predicted octanol–water partition coefficient (Wildman–Crippen LogP) is 2.81. The van der Waals surface area contributed by atoms with Crippen LogP contribution in [0.1, 0.15) is 16.7 Å². The first-order valence-electron chi connectivity index (χ1n) is 8.24. The molecule has 3 aromatic rings. The van der Waals surface area contributed by atoms with Crippen molar-refractivity contribution in [2.24, 2.45) is 0 Å². The van der Waals surface area contributed by atoms with Gasteiger partial charge in [-0.3, -0.25) is 14.9 Å². The molecule has 0 aliphatic heterocycles. The molecule has 1 N–H and O–H groups in total. The van der Waals surface area contributed by atoms with Gasteiger partial charge in [0, 0.05) is 11.6 Å². The lowest BCUT2D eigenvalue weighted by molar-refractivity contribution is -0.384. The summed E-state index contributed by atoms with van der Waals surface area (Å²) >= 11 is 0. The number of hydrogen-bond acceptors (Lipinski definition) is 6. The van der Waals surface area contributed by atoms with Gasteiger partial charge in [-0.2, -0.15) is 4.80 Å². The number of tetrazole rings is 1. The molecule has 1 amide bonds. The molecule has 138 valence electrons. The van der Waals surface area contributed by atoms with Gasteiger partial charge in [0.1, 0.15) is 12.2 Å². The van der Waals surface area contributed by atoms with Crippen LogP contribution >= 0.6 is 0 Å². The third kappa shape index (κ3) is 4.14. The lowest BCUT2D eigenvalue weighted by atomic mass is 10.1. The zero-order chi connectivity index (χ0) is 19.6. The third-order valence-electron chi connectivity index (χ3n) is 4.13. The number of rotatable bonds is 5. The highest BCUT2D eigenvalue weighted by molar-refractivity contribution is 5.93. The summed E-state index contributed by atoms with van der Waals surface area (Å²) < 4.78 is 0. The average molecular weight is 366 g/mol. The Hall–Kier alpha value is -3.62. The molecule has 9 nitrogen and oxygen atoms in total. The SMILES string of the molecule is Cc1ccc(-c2nnn(CC(=O)Nc3cc(C)c(C)cc3[N+](=O)[O-])n2)cc1. The number of anilines is 1. The minimum absolute atomic E-state index is 0.145. The van der Waals surface area contributed by atoms with E-state index in [1.54, 1.807) is 13.0 Å². The standard InChI is InChI=1S/C18H18N6O3/c1-11-4-6-14(7-5-11)18-20-22-23(21-18)10-17(25)19-15-8-12(2)13(3)9-16(15)24(26)27/h4-9H,10H2,1-3H3,(H,19,25). The summed E-state index contributed by atoms with van der Waals surface area (Å²) in [6.07, 6.45) is 0. The van der Waals surface area contributed by atoms with Gasteiger partial charge < -0.3 is 5.32 Å². The lowest BCUT2D eigenvalue weighted by Crippen LogP contribution is -2.21. The van der Waals surface area contributed by atoms with Crippen LogP contribution in [-0.2, 0) is 11.3 Å². The first-order chi connectivity index (χ1) is 12.8. The Morgan fingerprint density at radius 2 is 1.81 bits per heavy atom. The molecule has 0 saturated heterocycles. The molecule has 0 unspecified atom stereocenters. The fourth-order valence-electron chi connectivity index (χ4n) is 2.50. The second-order valence-corrected chi connectivity index (χ2v) is 6.27. The fraction of sp³-hybridized carbons (Fsp3) is 0.222. The predicted molar refractivity (Wildman–Crippen MR) is 99.2 cm³/mol. The molecule has 1 heterocycles. The first-order valence-corrected chi connectivity index (χ1v) is 8.24. The Bertz CT molecular complexity index is 1010. The number of carbonyl (C=O) groups excluding carboxylic acids is 1. The quantitative estimate of drug-likeness (QED) is 0.548. The molecule has 1 aromatic heterocycles. The van der Waals surface area contributed by atoms with Gasteiger partial charge in [0.15, 0.2) is 0 Å². The van der Waals surface area contributed by atoms with Gasteiger partial charge in [-0.15, -0.1) is 10.2 Å². The molecule has 27 heavy (non-hydrogen) atoms. The van der Waals surface area contributed by atoms with E-state index in [0.717, 1.165) is 27.1 Å². The summed E-state index contributed by atoms with van der Waals surface area (Å²) in [7, 11) is 0. The van der Waals surface area contributed by atoms with Gasteiger partial charge in [-0.1, -0.05) is 29.8 Å². The van der Waals surface area contributed by atoms with Gasteiger partial charge in [0.05, 0.1) is 4.92 Å². The maximum Gasteiger partial charge on any atom is 0.293 e. The number of hydrogen-bond donors (Lipinski definition) is 1. The van der Waals surface area contributed by atoms with Crippen LogP contribution in [0.4, 0.5) is 11.4 Å². The van der Waals surface area contributed by atoms with E-state index in [2.05, 4.69) is 20.7 Å². The van der Waals surface area contributed by atoms with Gasteiger partial charge in [-0.25, -0.2) is 0 Å². The number of nitro benzene ring substituents is 1. The van der Waals surface area contributed by atoms with Gasteiger partial charge in [0.2, 0.25) is 11.7 Å². The summed E-state index contributed by atoms with van der Waals surface area (Å²) in [5.41, 5.74) is 3.51. The topological polar surface area (TPSA) is 116 Å². The van der Waals surface area contributed by atoms with Crippen LogP contribution in [0.5, 0.6) is 0 Å². The Balaban J connectivity index is 1.74. The van der Waals surface area contributed by atoms with Crippen molar-refractivity contribution in [1.29, 1.82) is 0 Å². The highest BCUT2D eigenvalue weighted by atomic mass is 16.6. The highest BCUT2D eigenvalue weighted by Crippen LogP contribution is 2.27. The van der Waals surface area contributed by atoms with Crippen LogP contribution in [0.25, 0.3) is 11.4 Å². The second kappa shape index (κ2) is 7.32. The van der Waals surface area contributed by atoms with E-state index in [0.29, 0.717) is 5.82 Å². The van der Waals surface area contributed by atoms with Gasteiger partial charge in [-0.05, 0) is 43.2 Å². The van der Waals surface area contributed by atoms with Crippen LogP contribution in [0.15, 0.2) is 36.4 Å². The Morgan fingerprint density at radius 1 is 1.15 bits per heavy atom. The molecule has 0 saturated carbocycles. The molecule has 0 fully saturated rings. The summed E-state index contributed by atoms with van der Waals surface area (Å²) in [5.74, 6) is -0.0748. The number of nitro groups is 1. The number of benzene rings is 2. The van der Waals surface area contributed by atoms with Gasteiger partial charge >= 0.3 is 0 Å². The number of nitrogens with one attached hydrogen (secondary N) is 1. The van der Waals surface area contributed by atoms with E-state index < -0.39 is 10.8 Å². The van der Waals surface area contributed by atoms with Crippen molar-refractivity contribution >= 4 is 17.3 Å². The molecule has 0 bridgehead atoms. The Morgan fingerprint density at radius 3 is 2.48 bits per heavy atom. The van der Waals surface area contributed by atoms with Crippen LogP contribution in [-0.4, -0.2) is 31.0 Å². The van der Waals surface area contributed by atoms with Crippen LogP contribution in [0.3, 0.4) is 0 Å². The maximum absolute atomic E-state index is 12.3. The van der Waals surface area contributed by atoms with Crippen molar-refractivity contribution in [3.05, 3.63) is 63.2 Å². The van der Waals surface area contributed by atoms with Crippen LogP contribution in [0, 0.1) is 30.9 Å². The zero-order valence-electron chi connectivity index (χ0n) is 15.1. The molecule has 0 aliphatic carbocycles. The van der Waals surface area contributed by atoms with Gasteiger partial charge in [0.25, 0.3) is 5.69 Å². The number of aromatic nitrogens is 4. The van der Waals surface area contributed by atoms with E-state index in [1.165, 1.54) is 6.07 Å². The zero-order valence-corrected chi connectivity index (χ0v) is 15.1. The number of nitrogens with zero attached hydrogens (tertiary/aromatic N) is 5. The van der Waals surface area contributed by atoms with Crippen molar-refractivity contribution in [2.45, 2.75) is 27.3 Å². The molecule has 0 spiro atoms. The van der Waals surface area contributed by atoms with Crippen LogP contribution < -0.4 is 5.32 Å². The number of amides is 1. The molecule has 2 aromatic carbocycles.